The molecule has 1 aliphatic carbocycles. The van der Waals surface area contributed by atoms with E-state index in [-0.39, 0.29) is 23.6 Å². The van der Waals surface area contributed by atoms with Gasteiger partial charge in [0.05, 0.1) is 6.20 Å². The van der Waals surface area contributed by atoms with Gasteiger partial charge in [-0.05, 0) is 25.2 Å². The molecule has 1 fully saturated rings. The quantitative estimate of drug-likeness (QED) is 0.714. The topological polar surface area (TPSA) is 95.1 Å². The maximum Gasteiger partial charge on any atom is 0.257 e. The lowest BCUT2D eigenvalue weighted by molar-refractivity contribution is 0.221. The molecule has 2 rings (SSSR count). The smallest absolute Gasteiger partial charge is 0.257 e. The summed E-state index contributed by atoms with van der Waals surface area (Å²) in [7, 11) is -3.62. The Morgan fingerprint density at radius 3 is 2.59 bits per heavy atom. The van der Waals surface area contributed by atoms with E-state index in [0.717, 1.165) is 25.7 Å². The predicted molar refractivity (Wildman–Crippen MR) is 85.1 cm³/mol. The molecule has 1 unspecified atom stereocenters. The molecular formula is C15H27N3O3S. The van der Waals surface area contributed by atoms with Crippen molar-refractivity contribution in [2.45, 2.75) is 69.4 Å². The molecule has 126 valence electrons. The lowest BCUT2D eigenvalue weighted by atomic mass is 9.83. The van der Waals surface area contributed by atoms with E-state index in [1.807, 2.05) is 13.8 Å². The minimum atomic E-state index is -3.62. The predicted octanol–water partition coefficient (Wildman–Crippen LogP) is 2.14. The number of nitrogens with one attached hydrogen (secondary N) is 2. The minimum absolute atomic E-state index is 0.0100. The summed E-state index contributed by atoms with van der Waals surface area (Å²) in [6.07, 6.45) is 7.35. The van der Waals surface area contributed by atoms with E-state index in [4.69, 9.17) is 0 Å². The number of aromatic amines is 1. The molecule has 1 aromatic rings. The zero-order valence-corrected chi connectivity index (χ0v) is 14.2. The van der Waals surface area contributed by atoms with Crippen LogP contribution in [0.15, 0.2) is 11.2 Å². The molecule has 1 heterocycles. The van der Waals surface area contributed by atoms with Crippen molar-refractivity contribution in [3.63, 3.8) is 0 Å². The van der Waals surface area contributed by atoms with Gasteiger partial charge in [0.25, 0.3) is 10.0 Å². The third-order valence-electron chi connectivity index (χ3n) is 4.37. The Morgan fingerprint density at radius 2 is 2.05 bits per heavy atom. The molecule has 0 radical (unpaired) electrons. The molecule has 0 aliphatic heterocycles. The van der Waals surface area contributed by atoms with Gasteiger partial charge in [0.2, 0.25) is 0 Å². The third kappa shape index (κ3) is 4.30. The fraction of sp³-hybridized carbons (Fsp3) is 0.800. The van der Waals surface area contributed by atoms with Gasteiger partial charge in [0.15, 0.2) is 5.03 Å². The SMILES string of the molecule is CC(C)c1ncc(S(=O)(=O)NC(CCO)C2CCCCC2)[nH]1. The first-order valence-electron chi connectivity index (χ1n) is 8.12. The Kier molecular flexibility index (Phi) is 6.00. The fourth-order valence-corrected chi connectivity index (χ4v) is 4.34. The van der Waals surface area contributed by atoms with Gasteiger partial charge in [0.1, 0.15) is 5.82 Å². The lowest BCUT2D eigenvalue weighted by Crippen LogP contribution is -2.41. The van der Waals surface area contributed by atoms with Gasteiger partial charge in [-0.25, -0.2) is 18.1 Å². The highest BCUT2D eigenvalue weighted by molar-refractivity contribution is 7.89. The van der Waals surface area contributed by atoms with Crippen LogP contribution in [0.2, 0.25) is 0 Å². The normalized spacial score (nSPS) is 18.7. The molecule has 0 saturated heterocycles. The molecule has 1 atom stereocenters. The molecule has 0 spiro atoms. The monoisotopic (exact) mass is 329 g/mol. The first-order chi connectivity index (χ1) is 10.4. The maximum atomic E-state index is 12.5. The van der Waals surface area contributed by atoms with E-state index < -0.39 is 10.0 Å². The van der Waals surface area contributed by atoms with Crippen LogP contribution in [0.3, 0.4) is 0 Å². The Labute approximate surface area is 132 Å². The third-order valence-corrected chi connectivity index (χ3v) is 5.77. The second-order valence-corrected chi connectivity index (χ2v) is 8.11. The number of nitrogens with zero attached hydrogens (tertiary/aromatic N) is 1. The average molecular weight is 329 g/mol. The number of aromatic nitrogens is 2. The van der Waals surface area contributed by atoms with Gasteiger partial charge in [-0.2, -0.15) is 0 Å². The van der Waals surface area contributed by atoms with Crippen molar-refractivity contribution in [2.75, 3.05) is 6.61 Å². The summed E-state index contributed by atoms with van der Waals surface area (Å²) in [5, 5.41) is 9.36. The summed E-state index contributed by atoms with van der Waals surface area (Å²) in [5.74, 6) is 1.12. The first kappa shape index (κ1) is 17.4. The Morgan fingerprint density at radius 1 is 1.36 bits per heavy atom. The summed E-state index contributed by atoms with van der Waals surface area (Å²) >= 11 is 0. The molecular weight excluding hydrogens is 302 g/mol. The standard InChI is InChI=1S/C15H27N3O3S/c1-11(2)15-16-10-14(17-15)22(20,21)18-13(8-9-19)12-6-4-3-5-7-12/h10-13,18-19H,3-9H2,1-2H3,(H,16,17). The van der Waals surface area contributed by atoms with Gasteiger partial charge < -0.3 is 10.1 Å². The summed E-state index contributed by atoms with van der Waals surface area (Å²) in [4.78, 5) is 7.00. The van der Waals surface area contributed by atoms with Gasteiger partial charge in [0, 0.05) is 18.6 Å². The average Bonchev–Trinajstić information content (AvgIpc) is 2.98. The highest BCUT2D eigenvalue weighted by Gasteiger charge is 2.29. The van der Waals surface area contributed by atoms with Gasteiger partial charge in [-0.1, -0.05) is 33.1 Å². The van der Waals surface area contributed by atoms with Crippen LogP contribution < -0.4 is 4.72 Å². The maximum absolute atomic E-state index is 12.5. The number of imidazole rings is 1. The number of aliphatic hydroxyl groups excluding tert-OH is 1. The van der Waals surface area contributed by atoms with Crippen LogP contribution in [0.5, 0.6) is 0 Å². The zero-order chi connectivity index (χ0) is 16.2. The van der Waals surface area contributed by atoms with Crippen molar-refractivity contribution in [3.8, 4) is 0 Å². The molecule has 1 saturated carbocycles. The summed E-state index contributed by atoms with van der Waals surface area (Å²) in [5.41, 5.74) is 0. The Bertz CT molecular complexity index is 562. The highest BCUT2D eigenvalue weighted by atomic mass is 32.2. The van der Waals surface area contributed by atoms with E-state index in [2.05, 4.69) is 14.7 Å². The number of aliphatic hydroxyl groups is 1. The summed E-state index contributed by atoms with van der Waals surface area (Å²) < 4.78 is 27.8. The summed E-state index contributed by atoms with van der Waals surface area (Å²) in [6, 6.07) is -0.207. The fourth-order valence-electron chi connectivity index (χ4n) is 3.08. The van der Waals surface area contributed by atoms with Crippen LogP contribution in [0.1, 0.15) is 64.1 Å². The molecule has 1 aliphatic rings. The second kappa shape index (κ2) is 7.57. The number of hydrogen-bond acceptors (Lipinski definition) is 4. The van der Waals surface area contributed by atoms with Crippen LogP contribution in [0.25, 0.3) is 0 Å². The van der Waals surface area contributed by atoms with Crippen molar-refractivity contribution in [1.29, 1.82) is 0 Å². The molecule has 7 heteroatoms. The van der Waals surface area contributed by atoms with E-state index in [1.165, 1.54) is 12.6 Å². The van der Waals surface area contributed by atoms with E-state index >= 15 is 0 Å². The Hall–Kier alpha value is -0.920. The Balaban J connectivity index is 2.12. The second-order valence-electron chi connectivity index (χ2n) is 6.43. The zero-order valence-electron chi connectivity index (χ0n) is 13.4. The lowest BCUT2D eigenvalue weighted by Gasteiger charge is -2.30. The van der Waals surface area contributed by atoms with Gasteiger partial charge in [-0.15, -0.1) is 0 Å². The number of hydrogen-bond donors (Lipinski definition) is 3. The molecule has 0 bridgehead atoms. The van der Waals surface area contributed by atoms with E-state index in [0.29, 0.717) is 18.2 Å². The van der Waals surface area contributed by atoms with Crippen molar-refractivity contribution < 1.29 is 13.5 Å². The number of rotatable bonds is 7. The van der Waals surface area contributed by atoms with Gasteiger partial charge in [-0.3, -0.25) is 0 Å². The first-order valence-corrected chi connectivity index (χ1v) is 9.60. The summed E-state index contributed by atoms with van der Waals surface area (Å²) in [6.45, 7) is 3.91. The number of H-pyrrole nitrogens is 1. The molecule has 0 amide bonds. The van der Waals surface area contributed by atoms with E-state index in [1.54, 1.807) is 0 Å². The van der Waals surface area contributed by atoms with Crippen LogP contribution in [-0.2, 0) is 10.0 Å². The van der Waals surface area contributed by atoms with Crippen LogP contribution in [0.4, 0.5) is 0 Å². The van der Waals surface area contributed by atoms with Crippen molar-refractivity contribution in [3.05, 3.63) is 12.0 Å². The van der Waals surface area contributed by atoms with Crippen LogP contribution >= 0.6 is 0 Å². The largest absolute Gasteiger partial charge is 0.396 e. The highest BCUT2D eigenvalue weighted by Crippen LogP contribution is 2.28. The number of sulfonamides is 1. The molecule has 22 heavy (non-hydrogen) atoms. The van der Waals surface area contributed by atoms with Crippen LogP contribution in [0, 0.1) is 5.92 Å². The van der Waals surface area contributed by atoms with Gasteiger partial charge >= 0.3 is 0 Å². The van der Waals surface area contributed by atoms with Crippen molar-refractivity contribution in [1.82, 2.24) is 14.7 Å². The van der Waals surface area contributed by atoms with E-state index in [9.17, 15) is 13.5 Å². The minimum Gasteiger partial charge on any atom is -0.396 e. The van der Waals surface area contributed by atoms with Crippen LogP contribution in [-0.4, -0.2) is 36.1 Å². The van der Waals surface area contributed by atoms with Crippen molar-refractivity contribution in [2.24, 2.45) is 5.92 Å². The molecule has 1 aromatic heterocycles. The molecule has 3 N–H and O–H groups in total. The van der Waals surface area contributed by atoms with Crippen molar-refractivity contribution >= 4 is 10.0 Å². The molecule has 6 nitrogen and oxygen atoms in total. The molecule has 0 aromatic carbocycles.